The predicted molar refractivity (Wildman–Crippen MR) is 30.1 cm³/mol. The maximum absolute atomic E-state index is 9.64. The van der Waals surface area contributed by atoms with Crippen molar-refractivity contribution in [1.29, 1.82) is 0 Å². The van der Waals surface area contributed by atoms with E-state index in [-0.39, 0.29) is 6.04 Å². The SMILES string of the molecule is C=C(C)[C@@H](C)N=O. The molecule has 0 bridgehead atoms. The maximum Gasteiger partial charge on any atom is 0.110 e. The predicted octanol–water partition coefficient (Wildman–Crippen LogP) is 1.72. The first-order chi connectivity index (χ1) is 3.18. The van der Waals surface area contributed by atoms with Crippen LogP contribution in [-0.4, -0.2) is 6.04 Å². The maximum atomic E-state index is 9.64. The Morgan fingerprint density at radius 1 is 1.86 bits per heavy atom. The van der Waals surface area contributed by atoms with Gasteiger partial charge < -0.3 is 0 Å². The molecule has 0 aliphatic rings. The molecule has 2 heteroatoms. The summed E-state index contributed by atoms with van der Waals surface area (Å²) in [6, 6.07) is -0.222. The van der Waals surface area contributed by atoms with E-state index in [0.29, 0.717) is 0 Å². The van der Waals surface area contributed by atoms with Crippen LogP contribution < -0.4 is 0 Å². The van der Waals surface area contributed by atoms with Crippen molar-refractivity contribution in [2.24, 2.45) is 5.18 Å². The molecular formula is C5H9NO. The number of hydrogen-bond acceptors (Lipinski definition) is 2. The van der Waals surface area contributed by atoms with Crippen LogP contribution >= 0.6 is 0 Å². The number of hydrogen-bond donors (Lipinski definition) is 0. The Hall–Kier alpha value is -0.660. The number of rotatable bonds is 2. The Balaban J connectivity index is 3.55. The standard InChI is InChI=1S/C5H9NO/c1-4(2)5(3)6-7/h5H,1H2,2-3H3/t5-/m1/s1. The van der Waals surface area contributed by atoms with Gasteiger partial charge in [-0.05, 0) is 13.8 Å². The molecule has 2 nitrogen and oxygen atoms in total. The number of nitroso groups, excluding NO2 is 1. The van der Waals surface area contributed by atoms with Crippen LogP contribution in [0.5, 0.6) is 0 Å². The van der Waals surface area contributed by atoms with Crippen LogP contribution in [0.15, 0.2) is 17.3 Å². The van der Waals surface area contributed by atoms with E-state index < -0.39 is 0 Å². The fourth-order valence-corrected chi connectivity index (χ4v) is 0.0900. The minimum atomic E-state index is -0.222. The van der Waals surface area contributed by atoms with Gasteiger partial charge in [-0.25, -0.2) is 0 Å². The summed E-state index contributed by atoms with van der Waals surface area (Å²) in [5, 5.41) is 2.74. The molecule has 1 atom stereocenters. The summed E-state index contributed by atoms with van der Waals surface area (Å²) in [6.45, 7) is 7.03. The largest absolute Gasteiger partial charge is 0.150 e. The molecule has 0 aromatic carbocycles. The summed E-state index contributed by atoms with van der Waals surface area (Å²) < 4.78 is 0. The smallest absolute Gasteiger partial charge is 0.110 e. The Labute approximate surface area is 43.2 Å². The molecule has 0 saturated carbocycles. The summed E-state index contributed by atoms with van der Waals surface area (Å²) in [5.41, 5.74) is 0.815. The zero-order valence-electron chi connectivity index (χ0n) is 4.64. The monoisotopic (exact) mass is 99.1 g/mol. The van der Waals surface area contributed by atoms with Crippen molar-refractivity contribution in [3.05, 3.63) is 17.1 Å². The molecule has 40 valence electrons. The zero-order valence-corrected chi connectivity index (χ0v) is 4.64. The van der Waals surface area contributed by atoms with Crippen molar-refractivity contribution in [1.82, 2.24) is 0 Å². The van der Waals surface area contributed by atoms with Crippen LogP contribution in [0.2, 0.25) is 0 Å². The van der Waals surface area contributed by atoms with E-state index >= 15 is 0 Å². The van der Waals surface area contributed by atoms with Crippen molar-refractivity contribution in [3.63, 3.8) is 0 Å². The van der Waals surface area contributed by atoms with Crippen LogP contribution in [0.4, 0.5) is 0 Å². The lowest BCUT2D eigenvalue weighted by Gasteiger charge is -1.95. The Morgan fingerprint density at radius 3 is 2.29 bits per heavy atom. The van der Waals surface area contributed by atoms with Gasteiger partial charge >= 0.3 is 0 Å². The highest BCUT2D eigenvalue weighted by molar-refractivity contribution is 4.98. The topological polar surface area (TPSA) is 29.4 Å². The van der Waals surface area contributed by atoms with Gasteiger partial charge in [-0.3, -0.25) is 0 Å². The molecule has 0 aromatic heterocycles. The number of nitrogens with zero attached hydrogens (tertiary/aromatic N) is 1. The molecule has 0 heterocycles. The van der Waals surface area contributed by atoms with E-state index in [0.717, 1.165) is 5.57 Å². The van der Waals surface area contributed by atoms with Gasteiger partial charge in [0, 0.05) is 0 Å². The molecular weight excluding hydrogens is 90.1 g/mol. The van der Waals surface area contributed by atoms with Gasteiger partial charge in [0.25, 0.3) is 0 Å². The van der Waals surface area contributed by atoms with Gasteiger partial charge in [-0.15, -0.1) is 0 Å². The minimum absolute atomic E-state index is 0.222. The van der Waals surface area contributed by atoms with Crippen LogP contribution in [0.3, 0.4) is 0 Å². The second-order valence-corrected chi connectivity index (χ2v) is 1.63. The highest BCUT2D eigenvalue weighted by Gasteiger charge is 1.96. The van der Waals surface area contributed by atoms with E-state index in [9.17, 15) is 4.91 Å². The second kappa shape index (κ2) is 2.50. The lowest BCUT2D eigenvalue weighted by molar-refractivity contribution is 0.858. The lowest BCUT2D eigenvalue weighted by Crippen LogP contribution is -1.94. The van der Waals surface area contributed by atoms with Crippen molar-refractivity contribution in [2.45, 2.75) is 19.9 Å². The molecule has 7 heavy (non-hydrogen) atoms. The molecule has 0 unspecified atom stereocenters. The Morgan fingerprint density at radius 2 is 2.29 bits per heavy atom. The summed E-state index contributed by atoms with van der Waals surface area (Å²) in [6.07, 6.45) is 0. The first-order valence-electron chi connectivity index (χ1n) is 2.16. The first-order valence-corrected chi connectivity index (χ1v) is 2.16. The summed E-state index contributed by atoms with van der Waals surface area (Å²) >= 11 is 0. The average molecular weight is 99.1 g/mol. The summed E-state index contributed by atoms with van der Waals surface area (Å²) in [4.78, 5) is 9.64. The van der Waals surface area contributed by atoms with Crippen LogP contribution in [0, 0.1) is 4.91 Å². The third-order valence-corrected chi connectivity index (χ3v) is 0.871. The van der Waals surface area contributed by atoms with Gasteiger partial charge in [-0.2, -0.15) is 4.91 Å². The van der Waals surface area contributed by atoms with Crippen molar-refractivity contribution in [2.75, 3.05) is 0 Å². The summed E-state index contributed by atoms with van der Waals surface area (Å²) in [5.74, 6) is 0. The van der Waals surface area contributed by atoms with Gasteiger partial charge in [0.2, 0.25) is 0 Å². The Bertz CT molecular complexity index is 88.1. The molecule has 0 radical (unpaired) electrons. The molecule has 0 aliphatic carbocycles. The van der Waals surface area contributed by atoms with Gasteiger partial charge in [0.05, 0.1) is 0 Å². The highest BCUT2D eigenvalue weighted by atomic mass is 16.3. The molecule has 0 spiro atoms. The third-order valence-electron chi connectivity index (χ3n) is 0.871. The van der Waals surface area contributed by atoms with E-state index in [1.54, 1.807) is 13.8 Å². The normalized spacial score (nSPS) is 12.9. The molecule has 0 amide bonds. The highest BCUT2D eigenvalue weighted by Crippen LogP contribution is 1.98. The van der Waals surface area contributed by atoms with Crippen LogP contribution in [-0.2, 0) is 0 Å². The minimum Gasteiger partial charge on any atom is -0.150 e. The van der Waals surface area contributed by atoms with E-state index in [1.807, 2.05) is 0 Å². The molecule has 0 saturated heterocycles. The molecule has 0 rings (SSSR count). The Kier molecular flexibility index (Phi) is 2.27. The quantitative estimate of drug-likeness (QED) is 0.383. The fraction of sp³-hybridized carbons (Fsp3) is 0.600. The van der Waals surface area contributed by atoms with E-state index in [2.05, 4.69) is 11.8 Å². The van der Waals surface area contributed by atoms with Crippen molar-refractivity contribution < 1.29 is 0 Å². The first kappa shape index (κ1) is 6.34. The van der Waals surface area contributed by atoms with Gasteiger partial charge in [0.15, 0.2) is 0 Å². The molecule has 0 N–H and O–H groups in total. The average Bonchev–Trinajstić information content (AvgIpc) is 1.65. The van der Waals surface area contributed by atoms with Crippen molar-refractivity contribution in [3.8, 4) is 0 Å². The third kappa shape index (κ3) is 2.09. The zero-order chi connectivity index (χ0) is 5.86. The molecule has 0 aliphatic heterocycles. The molecule has 0 aromatic rings. The van der Waals surface area contributed by atoms with E-state index in [4.69, 9.17) is 0 Å². The van der Waals surface area contributed by atoms with Crippen LogP contribution in [0.25, 0.3) is 0 Å². The fourth-order valence-electron chi connectivity index (χ4n) is 0.0900. The van der Waals surface area contributed by atoms with Gasteiger partial charge in [-0.1, -0.05) is 17.3 Å². The van der Waals surface area contributed by atoms with Crippen LogP contribution in [0.1, 0.15) is 13.8 Å². The molecule has 0 fully saturated rings. The van der Waals surface area contributed by atoms with Gasteiger partial charge in [0.1, 0.15) is 6.04 Å². The second-order valence-electron chi connectivity index (χ2n) is 1.63. The van der Waals surface area contributed by atoms with E-state index in [1.165, 1.54) is 0 Å². The lowest BCUT2D eigenvalue weighted by atomic mass is 10.2. The van der Waals surface area contributed by atoms with Crippen molar-refractivity contribution >= 4 is 0 Å². The summed E-state index contributed by atoms with van der Waals surface area (Å²) in [7, 11) is 0.